The molecule has 0 saturated carbocycles. The Kier molecular flexibility index (Phi) is 5.30. The molecule has 5 aromatic rings. The second-order valence-corrected chi connectivity index (χ2v) is 11.0. The zero-order valence-corrected chi connectivity index (χ0v) is 20.1. The van der Waals surface area contributed by atoms with Gasteiger partial charge in [-0.2, -0.15) is 8.42 Å². The van der Waals surface area contributed by atoms with Gasteiger partial charge in [-0.1, -0.05) is 22.0 Å². The van der Waals surface area contributed by atoms with Crippen LogP contribution in [-0.4, -0.2) is 35.5 Å². The Balaban J connectivity index is 1.96. The molecule has 0 unspecified atom stereocenters. The first-order valence-corrected chi connectivity index (χ1v) is 13.2. The lowest BCUT2D eigenvalue weighted by Gasteiger charge is -2.16. The largest absolute Gasteiger partial charge is 0.744 e. The number of benzene rings is 3. The number of hydrogen-bond donors (Lipinski definition) is 1. The Bertz CT molecular complexity index is 1820. The van der Waals surface area contributed by atoms with E-state index in [0.29, 0.717) is 43.7 Å². The molecule has 0 fully saturated rings. The summed E-state index contributed by atoms with van der Waals surface area (Å²) in [4.78, 5) is 2.54. The monoisotopic (exact) mass is 560 g/mol. The lowest BCUT2D eigenvalue weighted by Crippen LogP contribution is -2.06. The molecule has 12 heteroatoms. The smallest absolute Gasteiger partial charge is 0.362 e. The molecule has 2 heterocycles. The van der Waals surface area contributed by atoms with Crippen molar-refractivity contribution in [1.82, 2.24) is 9.55 Å². The summed E-state index contributed by atoms with van der Waals surface area (Å²) in [5.74, 6) is 0. The Morgan fingerprint density at radius 3 is 2.41 bits per heavy atom. The van der Waals surface area contributed by atoms with Crippen molar-refractivity contribution in [2.45, 2.75) is 9.79 Å². The maximum Gasteiger partial charge on any atom is 0.362 e. The molecule has 0 bridgehead atoms. The third-order valence-corrected chi connectivity index (χ3v) is 7.48. The van der Waals surface area contributed by atoms with Crippen LogP contribution in [-0.2, 0) is 20.2 Å². The molecule has 2 aromatic heterocycles. The predicted molar refractivity (Wildman–Crippen MR) is 126 cm³/mol. The van der Waals surface area contributed by atoms with Crippen molar-refractivity contribution < 1.29 is 30.4 Å². The van der Waals surface area contributed by atoms with Crippen molar-refractivity contribution in [3.05, 3.63) is 77.8 Å². The minimum atomic E-state index is -5.14. The highest BCUT2D eigenvalue weighted by atomic mass is 79.9. The fourth-order valence-corrected chi connectivity index (χ4v) is 5.42. The fraction of sp³-hybridized carbons (Fsp3) is 0. The molecule has 0 radical (unpaired) electrons. The van der Waals surface area contributed by atoms with E-state index in [9.17, 15) is 25.9 Å². The van der Waals surface area contributed by atoms with E-state index in [1.165, 1.54) is 6.07 Å². The van der Waals surface area contributed by atoms with Crippen molar-refractivity contribution in [3.63, 3.8) is 0 Å². The molecule has 34 heavy (non-hydrogen) atoms. The first-order valence-electron chi connectivity index (χ1n) is 9.58. The highest BCUT2D eigenvalue weighted by Gasteiger charge is 2.25. The van der Waals surface area contributed by atoms with E-state index in [2.05, 4.69) is 20.9 Å². The summed E-state index contributed by atoms with van der Waals surface area (Å²) in [5, 5.41) is 0.966. The number of rotatable bonds is 4. The van der Waals surface area contributed by atoms with Gasteiger partial charge in [0.1, 0.15) is 10.1 Å². The van der Waals surface area contributed by atoms with E-state index in [-0.39, 0.29) is 5.56 Å². The maximum atomic E-state index is 12.2. The second-order valence-electron chi connectivity index (χ2n) is 7.36. The summed E-state index contributed by atoms with van der Waals surface area (Å²) < 4.78 is 77.8. The highest BCUT2D eigenvalue weighted by Crippen LogP contribution is 2.41. The van der Waals surface area contributed by atoms with Crippen LogP contribution in [0, 0.1) is 0 Å². The Morgan fingerprint density at radius 1 is 0.941 bits per heavy atom. The molecule has 5 rings (SSSR count). The number of imidazole rings is 1. The normalized spacial score (nSPS) is 12.4. The van der Waals surface area contributed by atoms with E-state index in [0.717, 1.165) is 6.07 Å². The van der Waals surface area contributed by atoms with Gasteiger partial charge in [0.15, 0.2) is 0 Å². The maximum absolute atomic E-state index is 12.2. The van der Waals surface area contributed by atoms with Crippen LogP contribution < -0.4 is 0 Å². The number of fused-ring (bicyclic) bond motifs is 2. The van der Waals surface area contributed by atoms with Crippen LogP contribution in [0.2, 0.25) is 0 Å². The standard InChI is InChI=1S/C22H13BrN2O7S2/c23-13-1-4-16-20(9-13)32-19-6-2-14(25-8-7-24-12-25)10-18(19)22(16)17-5-3-15(33(26,27)28)11-21(17)34(29,30)31/h1-12H,(H-,26,27,28,29,30,31). The van der Waals surface area contributed by atoms with E-state index in [4.69, 9.17) is 4.42 Å². The van der Waals surface area contributed by atoms with Crippen molar-refractivity contribution in [2.75, 3.05) is 0 Å². The van der Waals surface area contributed by atoms with Gasteiger partial charge in [-0.3, -0.25) is 4.55 Å². The second kappa shape index (κ2) is 7.96. The van der Waals surface area contributed by atoms with Crippen LogP contribution in [0.3, 0.4) is 0 Å². The van der Waals surface area contributed by atoms with Crippen LogP contribution in [0.1, 0.15) is 0 Å². The number of halogens is 1. The average molecular weight is 561 g/mol. The Hall–Kier alpha value is -3.16. The molecule has 1 N–H and O–H groups in total. The molecule has 0 aliphatic rings. The summed E-state index contributed by atoms with van der Waals surface area (Å²) >= 11 is 3.38. The molecule has 0 aliphatic carbocycles. The molecular weight excluding hydrogens is 548 g/mol. The first-order chi connectivity index (χ1) is 16.0. The average Bonchev–Trinajstić information content (AvgIpc) is 3.30. The van der Waals surface area contributed by atoms with E-state index in [1.807, 2.05) is 0 Å². The fourth-order valence-electron chi connectivity index (χ4n) is 3.79. The van der Waals surface area contributed by atoms with Crippen LogP contribution in [0.15, 0.2) is 92.0 Å². The number of aromatic nitrogens is 2. The highest BCUT2D eigenvalue weighted by molar-refractivity contribution is 9.10. The van der Waals surface area contributed by atoms with Crippen LogP contribution in [0.4, 0.5) is 0 Å². The molecule has 172 valence electrons. The minimum absolute atomic E-state index is 0.0293. The lowest BCUT2D eigenvalue weighted by molar-refractivity contribution is 0.463. The molecule has 3 aromatic carbocycles. The lowest BCUT2D eigenvalue weighted by atomic mass is 9.96. The van der Waals surface area contributed by atoms with Gasteiger partial charge in [-0.15, -0.1) is 0 Å². The number of hydrogen-bond acceptors (Lipinski definition) is 6. The third-order valence-electron chi connectivity index (χ3n) is 5.26. The van der Waals surface area contributed by atoms with Crippen molar-refractivity contribution in [3.8, 4) is 16.8 Å². The summed E-state index contributed by atoms with van der Waals surface area (Å²) in [6.07, 6.45) is 4.92. The van der Waals surface area contributed by atoms with Gasteiger partial charge in [0, 0.05) is 39.7 Å². The molecule has 0 atom stereocenters. The molecule has 0 saturated heterocycles. The van der Waals surface area contributed by atoms with E-state index < -0.39 is 30.0 Å². The molecular formula is C22H13BrN2O7S2. The van der Waals surface area contributed by atoms with Gasteiger partial charge >= 0.3 is 11.2 Å². The Labute approximate surface area is 201 Å². The van der Waals surface area contributed by atoms with Crippen LogP contribution in [0.5, 0.6) is 0 Å². The zero-order valence-electron chi connectivity index (χ0n) is 16.9. The topological polar surface area (TPSA) is 141 Å². The third kappa shape index (κ3) is 3.99. The quantitative estimate of drug-likeness (QED) is 0.190. The van der Waals surface area contributed by atoms with Gasteiger partial charge in [-0.25, -0.2) is 17.8 Å². The number of nitrogens with zero attached hydrogens (tertiary/aromatic N) is 2. The van der Waals surface area contributed by atoms with Gasteiger partial charge in [0.25, 0.3) is 10.1 Å². The minimum Gasteiger partial charge on any atom is -0.744 e. The van der Waals surface area contributed by atoms with Crippen molar-refractivity contribution in [2.24, 2.45) is 0 Å². The summed E-state index contributed by atoms with van der Waals surface area (Å²) in [5.41, 5.74) is 1.82. The Morgan fingerprint density at radius 2 is 1.74 bits per heavy atom. The molecule has 0 aliphatic heterocycles. The summed E-state index contributed by atoms with van der Waals surface area (Å²) in [7, 11) is -9.89. The summed E-state index contributed by atoms with van der Waals surface area (Å²) in [6.45, 7) is 0. The van der Waals surface area contributed by atoms with Gasteiger partial charge in [0.2, 0.25) is 0 Å². The van der Waals surface area contributed by atoms with Crippen LogP contribution >= 0.6 is 15.9 Å². The predicted octanol–water partition coefficient (Wildman–Crippen LogP) is 4.63. The van der Waals surface area contributed by atoms with E-state index in [1.54, 1.807) is 59.7 Å². The molecule has 0 spiro atoms. The SMILES string of the molecule is O=S(=O)([O-])c1cc(S(=O)(=O)O)ccc1-c1c2ccc(Br)cc2[o+]c2ccc(-n3ccnc3)cc12. The molecule has 0 amide bonds. The summed E-state index contributed by atoms with van der Waals surface area (Å²) in [6, 6.07) is 13.2. The van der Waals surface area contributed by atoms with Gasteiger partial charge in [-0.05, 0) is 36.4 Å². The van der Waals surface area contributed by atoms with Gasteiger partial charge < -0.3 is 9.12 Å². The van der Waals surface area contributed by atoms with Gasteiger partial charge in [0.05, 0.1) is 33.0 Å². The zero-order chi connectivity index (χ0) is 24.3. The first kappa shape index (κ1) is 22.6. The van der Waals surface area contributed by atoms with Crippen LogP contribution in [0.25, 0.3) is 38.8 Å². The van der Waals surface area contributed by atoms with Crippen molar-refractivity contribution in [1.29, 1.82) is 0 Å². The van der Waals surface area contributed by atoms with Crippen molar-refractivity contribution >= 4 is 58.1 Å². The molecule has 9 nitrogen and oxygen atoms in total. The van der Waals surface area contributed by atoms with E-state index >= 15 is 0 Å².